The van der Waals surface area contributed by atoms with E-state index < -0.39 is 0 Å². The molecule has 0 aliphatic carbocycles. The minimum absolute atomic E-state index is 0.0638. The van der Waals surface area contributed by atoms with E-state index in [4.69, 9.17) is 0 Å². The number of fused-ring (bicyclic) bond motifs is 1. The van der Waals surface area contributed by atoms with Gasteiger partial charge in [0.05, 0.1) is 11.0 Å². The fraction of sp³-hybridized carbons (Fsp3) is 0.174. The number of carbonyl (C=O) groups is 1. The Morgan fingerprint density at radius 2 is 1.86 bits per heavy atom. The molecule has 1 fully saturated rings. The molecule has 5 heteroatoms. The van der Waals surface area contributed by atoms with Crippen LogP contribution in [0.15, 0.2) is 73.1 Å². The third-order valence-corrected chi connectivity index (χ3v) is 5.41. The van der Waals surface area contributed by atoms with Crippen LogP contribution in [0.1, 0.15) is 27.7 Å². The van der Waals surface area contributed by atoms with E-state index in [2.05, 4.69) is 32.7 Å². The zero-order valence-electron chi connectivity index (χ0n) is 15.6. The number of para-hydroxylation sites is 1. The van der Waals surface area contributed by atoms with E-state index >= 15 is 0 Å². The number of rotatable bonds is 3. The van der Waals surface area contributed by atoms with E-state index in [1.165, 1.54) is 5.56 Å². The van der Waals surface area contributed by atoms with Crippen LogP contribution in [0.2, 0.25) is 0 Å². The third-order valence-electron chi connectivity index (χ3n) is 5.41. The molecule has 0 radical (unpaired) electrons. The van der Waals surface area contributed by atoms with Gasteiger partial charge in [-0.25, -0.2) is 4.98 Å². The Morgan fingerprint density at radius 3 is 2.61 bits per heavy atom. The predicted octanol–water partition coefficient (Wildman–Crippen LogP) is 3.97. The van der Waals surface area contributed by atoms with Crippen molar-refractivity contribution in [3.05, 3.63) is 90.0 Å². The molecule has 0 N–H and O–H groups in total. The molecule has 5 nitrogen and oxygen atoms in total. The lowest BCUT2D eigenvalue weighted by Crippen LogP contribution is -2.48. The number of carbonyl (C=O) groups excluding carboxylic acids is 1. The summed E-state index contributed by atoms with van der Waals surface area (Å²) < 4.78 is 2.12. The monoisotopic (exact) mass is 368 g/mol. The summed E-state index contributed by atoms with van der Waals surface area (Å²) in [5, 5.41) is 0. The molecule has 0 unspecified atom stereocenters. The highest BCUT2D eigenvalue weighted by Gasteiger charge is 2.32. The second kappa shape index (κ2) is 6.60. The molecule has 1 aliphatic rings. The fourth-order valence-corrected chi connectivity index (χ4v) is 3.89. The first kappa shape index (κ1) is 16.7. The predicted molar refractivity (Wildman–Crippen MR) is 109 cm³/mol. The van der Waals surface area contributed by atoms with Gasteiger partial charge in [0, 0.05) is 42.7 Å². The minimum Gasteiger partial charge on any atom is -0.337 e. The molecule has 5 rings (SSSR count). The van der Waals surface area contributed by atoms with E-state index in [0.717, 1.165) is 35.6 Å². The summed E-state index contributed by atoms with van der Waals surface area (Å²) in [6, 6.07) is 20.0. The molecule has 0 bridgehead atoms. The zero-order valence-corrected chi connectivity index (χ0v) is 15.6. The summed E-state index contributed by atoms with van der Waals surface area (Å²) in [7, 11) is 0. The fourth-order valence-electron chi connectivity index (χ4n) is 3.89. The van der Waals surface area contributed by atoms with Crippen molar-refractivity contribution < 1.29 is 4.79 Å². The Bertz CT molecular complexity index is 1150. The molecular formula is C23H20N4O. The van der Waals surface area contributed by atoms with E-state index in [-0.39, 0.29) is 5.91 Å². The first-order valence-electron chi connectivity index (χ1n) is 9.44. The van der Waals surface area contributed by atoms with Crippen molar-refractivity contribution in [3.63, 3.8) is 0 Å². The number of likely N-dealkylation sites (tertiary alicyclic amines) is 1. The van der Waals surface area contributed by atoms with E-state index in [0.29, 0.717) is 11.5 Å². The van der Waals surface area contributed by atoms with Gasteiger partial charge in [-0.3, -0.25) is 14.3 Å². The lowest BCUT2D eigenvalue weighted by molar-refractivity contribution is 0.0602. The number of pyridine rings is 1. The summed E-state index contributed by atoms with van der Waals surface area (Å²) in [6.45, 7) is 3.46. The Hall–Kier alpha value is -3.47. The number of aromatic nitrogens is 3. The first-order chi connectivity index (χ1) is 13.7. The zero-order chi connectivity index (χ0) is 19.1. The smallest absolute Gasteiger partial charge is 0.253 e. The first-order valence-corrected chi connectivity index (χ1v) is 9.44. The molecular weight excluding hydrogens is 348 g/mol. The Labute approximate surface area is 163 Å². The van der Waals surface area contributed by atoms with Crippen LogP contribution in [-0.4, -0.2) is 38.4 Å². The van der Waals surface area contributed by atoms with E-state index in [9.17, 15) is 4.79 Å². The molecule has 4 aromatic rings. The number of aryl methyl sites for hydroxylation is 1. The number of amides is 1. The van der Waals surface area contributed by atoms with Crippen LogP contribution in [0.25, 0.3) is 16.7 Å². The van der Waals surface area contributed by atoms with Gasteiger partial charge in [-0.1, -0.05) is 24.3 Å². The van der Waals surface area contributed by atoms with Crippen LogP contribution in [0.3, 0.4) is 0 Å². The van der Waals surface area contributed by atoms with Crippen LogP contribution in [0.4, 0.5) is 0 Å². The topological polar surface area (TPSA) is 51.0 Å². The maximum Gasteiger partial charge on any atom is 0.253 e. The number of imidazole rings is 1. The molecule has 2 aromatic heterocycles. The lowest BCUT2D eigenvalue weighted by atomic mass is 9.92. The summed E-state index contributed by atoms with van der Waals surface area (Å²) >= 11 is 0. The summed E-state index contributed by atoms with van der Waals surface area (Å²) in [5.41, 5.74) is 4.81. The molecule has 3 heterocycles. The molecule has 1 aliphatic heterocycles. The van der Waals surface area contributed by atoms with E-state index in [1.807, 2.05) is 60.5 Å². The Balaban J connectivity index is 1.40. The van der Waals surface area contributed by atoms with Gasteiger partial charge in [-0.2, -0.15) is 0 Å². The minimum atomic E-state index is 0.0638. The van der Waals surface area contributed by atoms with E-state index in [1.54, 1.807) is 6.20 Å². The van der Waals surface area contributed by atoms with Crippen molar-refractivity contribution >= 4 is 16.9 Å². The average molecular weight is 368 g/mol. The van der Waals surface area contributed by atoms with Gasteiger partial charge >= 0.3 is 0 Å². The highest BCUT2D eigenvalue weighted by molar-refractivity contribution is 5.98. The molecule has 1 saturated heterocycles. The van der Waals surface area contributed by atoms with Gasteiger partial charge in [0.25, 0.3) is 5.91 Å². The number of nitrogens with zero attached hydrogens (tertiary/aromatic N) is 4. The average Bonchev–Trinajstić information content (AvgIpc) is 3.03. The van der Waals surface area contributed by atoms with Gasteiger partial charge in [0.2, 0.25) is 0 Å². The molecule has 1 amide bonds. The molecule has 0 atom stereocenters. The van der Waals surface area contributed by atoms with Crippen molar-refractivity contribution in [2.75, 3.05) is 13.1 Å². The van der Waals surface area contributed by atoms with Crippen LogP contribution in [0.5, 0.6) is 0 Å². The summed E-state index contributed by atoms with van der Waals surface area (Å²) in [6.07, 6.45) is 3.66. The van der Waals surface area contributed by atoms with Crippen molar-refractivity contribution in [2.45, 2.75) is 12.8 Å². The Morgan fingerprint density at radius 1 is 1.04 bits per heavy atom. The maximum absolute atomic E-state index is 12.9. The Kier molecular flexibility index (Phi) is 3.93. The van der Waals surface area contributed by atoms with Gasteiger partial charge < -0.3 is 4.90 Å². The van der Waals surface area contributed by atoms with Crippen molar-refractivity contribution in [1.29, 1.82) is 0 Å². The van der Waals surface area contributed by atoms with Gasteiger partial charge in [-0.05, 0) is 48.9 Å². The molecule has 138 valence electrons. The number of hydrogen-bond donors (Lipinski definition) is 0. The molecule has 28 heavy (non-hydrogen) atoms. The van der Waals surface area contributed by atoms with Crippen LogP contribution in [0, 0.1) is 6.92 Å². The van der Waals surface area contributed by atoms with Crippen LogP contribution in [-0.2, 0) is 0 Å². The molecule has 0 saturated carbocycles. The van der Waals surface area contributed by atoms with Crippen LogP contribution >= 0.6 is 0 Å². The molecule has 2 aromatic carbocycles. The summed E-state index contributed by atoms with van der Waals surface area (Å²) in [4.78, 5) is 23.6. The van der Waals surface area contributed by atoms with Crippen molar-refractivity contribution in [1.82, 2.24) is 19.4 Å². The van der Waals surface area contributed by atoms with Crippen LogP contribution < -0.4 is 0 Å². The van der Waals surface area contributed by atoms with Gasteiger partial charge in [0.1, 0.15) is 5.82 Å². The number of benzene rings is 2. The molecule has 0 spiro atoms. The maximum atomic E-state index is 12.9. The largest absolute Gasteiger partial charge is 0.337 e. The van der Waals surface area contributed by atoms with Gasteiger partial charge in [-0.15, -0.1) is 0 Å². The second-order valence-electron chi connectivity index (χ2n) is 7.23. The number of hydrogen-bond acceptors (Lipinski definition) is 3. The third kappa shape index (κ3) is 2.76. The lowest BCUT2D eigenvalue weighted by Gasteiger charge is -2.39. The highest BCUT2D eigenvalue weighted by atomic mass is 16.2. The van der Waals surface area contributed by atoms with Crippen molar-refractivity contribution in [3.8, 4) is 5.69 Å². The van der Waals surface area contributed by atoms with Crippen molar-refractivity contribution in [2.24, 2.45) is 0 Å². The summed E-state index contributed by atoms with van der Waals surface area (Å²) in [5.74, 6) is 1.35. The standard InChI is InChI=1S/C23H20N4O/c1-16-25-21-12-17(9-10-22(21)27(16)20-7-3-2-4-8-20)23(28)26-14-19(15-26)18-6-5-11-24-13-18/h2-13,19H,14-15H2,1H3. The normalized spacial score (nSPS) is 14.2. The quantitative estimate of drug-likeness (QED) is 0.550. The second-order valence-corrected chi connectivity index (χ2v) is 7.23. The SMILES string of the molecule is Cc1nc2cc(C(=O)N3CC(c4cccnc4)C3)ccc2n1-c1ccccc1. The highest BCUT2D eigenvalue weighted by Crippen LogP contribution is 2.29. The van der Waals surface area contributed by atoms with Gasteiger partial charge in [0.15, 0.2) is 0 Å².